The van der Waals surface area contributed by atoms with Crippen LogP contribution in [-0.2, 0) is 30.6 Å². The summed E-state index contributed by atoms with van der Waals surface area (Å²) in [6.45, 7) is 0.135. The van der Waals surface area contributed by atoms with Gasteiger partial charge in [-0.2, -0.15) is 0 Å². The first kappa shape index (κ1) is 22.5. The first-order valence-electron chi connectivity index (χ1n) is 9.47. The number of nitrogens with two attached hydrogens (primary N) is 1. The molecule has 33 heavy (non-hydrogen) atoms. The number of carboxylic acid groups (broad SMARTS) is 1. The lowest BCUT2D eigenvalue weighted by Crippen LogP contribution is -2.71. The molecule has 1 saturated heterocycles. The molecule has 172 valence electrons. The number of carboxylic acids is 1. The van der Waals surface area contributed by atoms with Gasteiger partial charge >= 0.3 is 5.97 Å². The average Bonchev–Trinajstić information content (AvgIpc) is 3.25. The molecule has 2 aromatic rings. The van der Waals surface area contributed by atoms with Crippen molar-refractivity contribution < 1.29 is 29.1 Å². The number of amides is 2. The van der Waals surface area contributed by atoms with Crippen molar-refractivity contribution in [3.05, 3.63) is 52.6 Å². The van der Waals surface area contributed by atoms with Crippen molar-refractivity contribution >= 4 is 51.7 Å². The van der Waals surface area contributed by atoms with Crippen molar-refractivity contribution in [2.75, 3.05) is 18.6 Å². The average molecular weight is 491 g/mol. The number of aromatic nitrogens is 2. The Morgan fingerprint density at radius 3 is 2.79 bits per heavy atom. The molecule has 0 aromatic carbocycles. The van der Waals surface area contributed by atoms with Gasteiger partial charge in [-0.3, -0.25) is 19.5 Å². The van der Waals surface area contributed by atoms with Gasteiger partial charge in [-0.1, -0.05) is 5.16 Å². The number of hydrogen-bond donors (Lipinski definition) is 3. The third-order valence-corrected chi connectivity index (χ3v) is 6.67. The highest BCUT2D eigenvalue weighted by atomic mass is 32.2. The molecule has 0 saturated carbocycles. The second-order valence-electron chi connectivity index (χ2n) is 6.78. The second kappa shape index (κ2) is 9.46. The number of aliphatic carboxylic acids is 1. The van der Waals surface area contributed by atoms with E-state index in [1.807, 2.05) is 0 Å². The number of pyridine rings is 1. The summed E-state index contributed by atoms with van der Waals surface area (Å²) in [5.74, 6) is -2.16. The maximum atomic E-state index is 12.8. The number of fused-ring (bicyclic) bond motifs is 1. The highest BCUT2D eigenvalue weighted by Gasteiger charge is 2.55. The third-order valence-electron chi connectivity index (χ3n) is 4.75. The van der Waals surface area contributed by atoms with Crippen molar-refractivity contribution in [1.82, 2.24) is 20.2 Å². The fourth-order valence-electron chi connectivity index (χ4n) is 3.25. The highest BCUT2D eigenvalue weighted by Crippen LogP contribution is 2.40. The zero-order valence-corrected chi connectivity index (χ0v) is 18.8. The van der Waals surface area contributed by atoms with Crippen molar-refractivity contribution in [1.29, 1.82) is 0 Å². The molecule has 4 heterocycles. The van der Waals surface area contributed by atoms with Gasteiger partial charge in [0, 0.05) is 17.8 Å². The number of thiazole rings is 1. The fraction of sp³-hybridized carbons (Fsp3) is 0.263. The number of nitrogens with zero attached hydrogens (tertiary/aromatic N) is 4. The maximum Gasteiger partial charge on any atom is 0.356 e. The van der Waals surface area contributed by atoms with Gasteiger partial charge < -0.3 is 25.7 Å². The van der Waals surface area contributed by atoms with E-state index in [0.29, 0.717) is 0 Å². The molecule has 0 radical (unpaired) electrons. The van der Waals surface area contributed by atoms with Gasteiger partial charge in [-0.05, 0) is 17.7 Å². The number of carbonyl (C=O) groups is 3. The molecule has 4 N–H and O–H groups in total. The van der Waals surface area contributed by atoms with Crippen LogP contribution in [0.4, 0.5) is 5.13 Å². The molecule has 2 amide bonds. The molecule has 4 rings (SSSR count). The lowest BCUT2D eigenvalue weighted by molar-refractivity contribution is -0.150. The zero-order valence-electron chi connectivity index (χ0n) is 17.1. The number of nitrogens with one attached hydrogen (secondary N) is 1. The van der Waals surface area contributed by atoms with Gasteiger partial charge in [0.15, 0.2) is 16.5 Å². The number of hydrogen-bond acceptors (Lipinski definition) is 11. The van der Waals surface area contributed by atoms with Gasteiger partial charge in [0.1, 0.15) is 36.6 Å². The SMILES string of the molecule is CO/N=C(\C(=O)N[C@@H]1C(=O)N2C(C(=O)O)=C(OCc3ccncc3)CS[C@@H]12)c1csc(N)n1. The third kappa shape index (κ3) is 4.47. The lowest BCUT2D eigenvalue weighted by atomic mass is 10.0. The number of nitrogen functional groups attached to an aromatic ring is 1. The molecule has 2 aliphatic rings. The largest absolute Gasteiger partial charge is 0.490 e. The van der Waals surface area contributed by atoms with Gasteiger partial charge in [-0.25, -0.2) is 9.78 Å². The molecular weight excluding hydrogens is 472 g/mol. The van der Waals surface area contributed by atoms with Crippen LogP contribution in [0.3, 0.4) is 0 Å². The Bertz CT molecular complexity index is 1150. The van der Waals surface area contributed by atoms with Gasteiger partial charge in [-0.15, -0.1) is 23.1 Å². The molecule has 2 atom stereocenters. The topological polar surface area (TPSA) is 169 Å². The summed E-state index contributed by atoms with van der Waals surface area (Å²) in [6.07, 6.45) is 3.20. The van der Waals surface area contributed by atoms with Crippen LogP contribution in [0, 0.1) is 0 Å². The van der Waals surface area contributed by atoms with Crippen LogP contribution in [0.1, 0.15) is 11.3 Å². The summed E-state index contributed by atoms with van der Waals surface area (Å²) in [6, 6.07) is 2.54. The summed E-state index contributed by atoms with van der Waals surface area (Å²) < 4.78 is 5.70. The summed E-state index contributed by atoms with van der Waals surface area (Å²) in [7, 11) is 1.27. The van der Waals surface area contributed by atoms with Gasteiger partial charge in [0.2, 0.25) is 0 Å². The summed E-state index contributed by atoms with van der Waals surface area (Å²) in [5.41, 5.74) is 6.25. The van der Waals surface area contributed by atoms with E-state index < -0.39 is 29.2 Å². The van der Waals surface area contributed by atoms with Crippen molar-refractivity contribution in [3.63, 3.8) is 0 Å². The van der Waals surface area contributed by atoms with Crippen LogP contribution in [0.5, 0.6) is 0 Å². The van der Waals surface area contributed by atoms with Crippen molar-refractivity contribution in [2.24, 2.45) is 5.16 Å². The van der Waals surface area contributed by atoms with Crippen LogP contribution in [0.15, 0.2) is 46.5 Å². The Morgan fingerprint density at radius 2 is 2.15 bits per heavy atom. The van der Waals surface area contributed by atoms with E-state index in [1.54, 1.807) is 24.5 Å². The monoisotopic (exact) mass is 490 g/mol. The number of ether oxygens (including phenoxy) is 1. The van der Waals surface area contributed by atoms with Crippen LogP contribution >= 0.6 is 23.1 Å². The Labute approximate surface area is 195 Å². The lowest BCUT2D eigenvalue weighted by Gasteiger charge is -2.48. The number of rotatable bonds is 8. The summed E-state index contributed by atoms with van der Waals surface area (Å²) in [5, 5.41) is 17.2. The van der Waals surface area contributed by atoms with Crippen LogP contribution in [0.2, 0.25) is 0 Å². The van der Waals surface area contributed by atoms with Crippen LogP contribution < -0.4 is 11.1 Å². The molecular formula is C19H18N6O6S2. The minimum Gasteiger partial charge on any atom is -0.490 e. The van der Waals surface area contributed by atoms with E-state index in [2.05, 4.69) is 20.4 Å². The molecule has 0 spiro atoms. The minimum absolute atomic E-state index is 0.135. The Hall–Kier alpha value is -3.65. The quantitative estimate of drug-likeness (QED) is 0.267. The number of anilines is 1. The second-order valence-corrected chi connectivity index (χ2v) is 8.77. The predicted molar refractivity (Wildman–Crippen MR) is 119 cm³/mol. The predicted octanol–water partition coefficient (Wildman–Crippen LogP) is 0.384. The highest BCUT2D eigenvalue weighted by molar-refractivity contribution is 8.00. The molecule has 12 nitrogen and oxygen atoms in total. The van der Waals surface area contributed by atoms with Crippen LogP contribution in [-0.4, -0.2) is 67.7 Å². The minimum atomic E-state index is -1.29. The van der Waals surface area contributed by atoms with E-state index in [4.69, 9.17) is 15.3 Å². The summed E-state index contributed by atoms with van der Waals surface area (Å²) in [4.78, 5) is 51.3. The smallest absolute Gasteiger partial charge is 0.356 e. The molecule has 14 heteroatoms. The number of oxime groups is 1. The Kier molecular flexibility index (Phi) is 6.46. The molecule has 1 fully saturated rings. The van der Waals surface area contributed by atoms with E-state index in [1.165, 1.54) is 24.3 Å². The molecule has 2 aliphatic heterocycles. The number of β-lactam (4-membered cyclic amide) rings is 1. The number of thioether (sulfide) groups is 1. The molecule has 0 unspecified atom stereocenters. The van der Waals surface area contributed by atoms with E-state index in [0.717, 1.165) is 21.8 Å². The van der Waals surface area contributed by atoms with E-state index in [9.17, 15) is 19.5 Å². The van der Waals surface area contributed by atoms with Crippen LogP contribution in [0.25, 0.3) is 0 Å². The first-order chi connectivity index (χ1) is 15.9. The fourth-order valence-corrected chi connectivity index (χ4v) is 5.08. The van der Waals surface area contributed by atoms with E-state index in [-0.39, 0.29) is 40.4 Å². The maximum absolute atomic E-state index is 12.8. The first-order valence-corrected chi connectivity index (χ1v) is 11.4. The standard InChI is InChI=1S/C19H18N6O6S2/c1-30-24-12(10-7-33-19(20)22-10)15(26)23-13-16(27)25-14(18(28)29)11(8-32-17(13)25)31-6-9-2-4-21-5-3-9/h2-5,7,13,17H,6,8H2,1H3,(H2,20,22)(H,23,26)(H,28,29)/b24-12-/t13-,17+/m1/s1. The van der Waals surface area contributed by atoms with Crippen molar-refractivity contribution in [3.8, 4) is 0 Å². The Morgan fingerprint density at radius 1 is 1.39 bits per heavy atom. The van der Waals surface area contributed by atoms with Gasteiger partial charge in [0.05, 0.1) is 5.75 Å². The van der Waals surface area contributed by atoms with Crippen molar-refractivity contribution in [2.45, 2.75) is 18.0 Å². The molecule has 0 bridgehead atoms. The molecule has 2 aromatic heterocycles. The normalized spacial score (nSPS) is 20.1. The Balaban J connectivity index is 1.49. The summed E-state index contributed by atoms with van der Waals surface area (Å²) >= 11 is 2.41. The van der Waals surface area contributed by atoms with Gasteiger partial charge in [0.25, 0.3) is 11.8 Å². The zero-order chi connectivity index (χ0) is 23.5. The van der Waals surface area contributed by atoms with E-state index >= 15 is 0 Å². The number of carbonyl (C=O) groups excluding carboxylic acids is 2. The molecule has 0 aliphatic carbocycles.